The van der Waals surface area contributed by atoms with Crippen molar-refractivity contribution in [1.29, 1.82) is 0 Å². The first-order valence-electron chi connectivity index (χ1n) is 6.77. The Hall–Kier alpha value is -2.04. The molecular weight excluding hydrogens is 256 g/mol. The van der Waals surface area contributed by atoms with Gasteiger partial charge in [-0.05, 0) is 36.5 Å². The molecule has 0 spiro atoms. The van der Waals surface area contributed by atoms with Gasteiger partial charge in [-0.25, -0.2) is 9.59 Å². The zero-order chi connectivity index (χ0) is 14.8. The Morgan fingerprint density at radius 3 is 2.75 bits per heavy atom. The normalized spacial score (nSPS) is 17.6. The molecule has 1 saturated heterocycles. The fourth-order valence-corrected chi connectivity index (χ4v) is 2.53. The SMILES string of the molecule is CC1(C)CCCN(C(=O)Nc2cccc(C(=O)O)c2)C1. The van der Waals surface area contributed by atoms with E-state index in [4.69, 9.17) is 5.11 Å². The molecule has 0 unspecified atom stereocenters. The monoisotopic (exact) mass is 276 g/mol. The highest BCUT2D eigenvalue weighted by molar-refractivity contribution is 5.93. The molecule has 5 nitrogen and oxygen atoms in total. The van der Waals surface area contributed by atoms with Gasteiger partial charge < -0.3 is 15.3 Å². The number of carboxylic acids is 1. The number of anilines is 1. The van der Waals surface area contributed by atoms with Crippen molar-refractivity contribution in [2.24, 2.45) is 5.41 Å². The summed E-state index contributed by atoms with van der Waals surface area (Å²) in [6, 6.07) is 6.12. The average molecular weight is 276 g/mol. The Bertz CT molecular complexity index is 526. The van der Waals surface area contributed by atoms with E-state index in [1.165, 1.54) is 12.1 Å². The summed E-state index contributed by atoms with van der Waals surface area (Å²) in [5.41, 5.74) is 0.818. The number of aromatic carboxylic acids is 1. The number of piperidine rings is 1. The first-order valence-corrected chi connectivity index (χ1v) is 6.77. The lowest BCUT2D eigenvalue weighted by Crippen LogP contribution is -2.45. The van der Waals surface area contributed by atoms with Gasteiger partial charge in [0, 0.05) is 18.8 Å². The average Bonchev–Trinajstić information content (AvgIpc) is 2.37. The van der Waals surface area contributed by atoms with E-state index in [1.807, 2.05) is 0 Å². The van der Waals surface area contributed by atoms with Gasteiger partial charge in [0.15, 0.2) is 0 Å². The summed E-state index contributed by atoms with van der Waals surface area (Å²) in [5.74, 6) is -1.000. The van der Waals surface area contributed by atoms with Crippen LogP contribution in [0, 0.1) is 5.41 Å². The van der Waals surface area contributed by atoms with Crippen LogP contribution in [-0.2, 0) is 0 Å². The molecule has 0 saturated carbocycles. The first-order chi connectivity index (χ1) is 9.37. The number of carbonyl (C=O) groups is 2. The number of carbonyl (C=O) groups excluding carboxylic acids is 1. The summed E-state index contributed by atoms with van der Waals surface area (Å²) < 4.78 is 0. The molecule has 5 heteroatoms. The van der Waals surface area contributed by atoms with Crippen LogP contribution in [0.2, 0.25) is 0 Å². The second-order valence-corrected chi connectivity index (χ2v) is 6.01. The van der Waals surface area contributed by atoms with Crippen molar-refractivity contribution in [3.05, 3.63) is 29.8 Å². The summed E-state index contributed by atoms with van der Waals surface area (Å²) in [5, 5.41) is 11.7. The molecule has 0 bridgehead atoms. The second-order valence-electron chi connectivity index (χ2n) is 6.01. The highest BCUT2D eigenvalue weighted by Crippen LogP contribution is 2.28. The van der Waals surface area contributed by atoms with E-state index >= 15 is 0 Å². The fraction of sp³-hybridized carbons (Fsp3) is 0.467. The highest BCUT2D eigenvalue weighted by atomic mass is 16.4. The van der Waals surface area contributed by atoms with Crippen molar-refractivity contribution in [1.82, 2.24) is 4.90 Å². The van der Waals surface area contributed by atoms with Crippen LogP contribution >= 0.6 is 0 Å². The van der Waals surface area contributed by atoms with E-state index in [0.29, 0.717) is 5.69 Å². The van der Waals surface area contributed by atoms with Crippen molar-refractivity contribution in [3.8, 4) is 0 Å². The molecule has 0 aliphatic carbocycles. The number of likely N-dealkylation sites (tertiary alicyclic amines) is 1. The number of nitrogens with zero attached hydrogens (tertiary/aromatic N) is 1. The van der Waals surface area contributed by atoms with Gasteiger partial charge in [-0.3, -0.25) is 0 Å². The maximum absolute atomic E-state index is 12.2. The Kier molecular flexibility index (Phi) is 3.97. The lowest BCUT2D eigenvalue weighted by Gasteiger charge is -2.37. The molecule has 1 fully saturated rings. The molecule has 0 atom stereocenters. The molecule has 2 N–H and O–H groups in total. The number of rotatable bonds is 2. The van der Waals surface area contributed by atoms with Crippen LogP contribution in [0.25, 0.3) is 0 Å². The fourth-order valence-electron chi connectivity index (χ4n) is 2.53. The Morgan fingerprint density at radius 1 is 1.35 bits per heavy atom. The second kappa shape index (κ2) is 5.53. The van der Waals surface area contributed by atoms with Gasteiger partial charge in [0.25, 0.3) is 0 Å². The highest BCUT2D eigenvalue weighted by Gasteiger charge is 2.29. The molecule has 1 aliphatic heterocycles. The van der Waals surface area contributed by atoms with Crippen LogP contribution in [0.5, 0.6) is 0 Å². The molecule has 0 radical (unpaired) electrons. The minimum atomic E-state index is -1.000. The van der Waals surface area contributed by atoms with Crippen LogP contribution in [-0.4, -0.2) is 35.1 Å². The van der Waals surface area contributed by atoms with Crippen LogP contribution in [0.1, 0.15) is 37.0 Å². The lowest BCUT2D eigenvalue weighted by molar-refractivity contribution is 0.0697. The zero-order valence-corrected chi connectivity index (χ0v) is 11.8. The standard InChI is InChI=1S/C15H20N2O3/c1-15(2)7-4-8-17(10-15)14(20)16-12-6-3-5-11(9-12)13(18)19/h3,5-6,9H,4,7-8,10H2,1-2H3,(H,16,20)(H,18,19). The number of hydrogen-bond acceptors (Lipinski definition) is 2. The van der Waals surface area contributed by atoms with Crippen LogP contribution in [0.15, 0.2) is 24.3 Å². The number of urea groups is 1. The number of benzene rings is 1. The third-order valence-corrected chi connectivity index (χ3v) is 3.55. The lowest BCUT2D eigenvalue weighted by atomic mass is 9.84. The summed E-state index contributed by atoms with van der Waals surface area (Å²) in [6.07, 6.45) is 2.11. The van der Waals surface area contributed by atoms with Crippen molar-refractivity contribution in [2.75, 3.05) is 18.4 Å². The molecule has 2 amide bonds. The van der Waals surface area contributed by atoms with E-state index in [1.54, 1.807) is 17.0 Å². The Morgan fingerprint density at radius 2 is 2.10 bits per heavy atom. The molecule has 108 valence electrons. The molecule has 2 rings (SSSR count). The van der Waals surface area contributed by atoms with Gasteiger partial charge >= 0.3 is 12.0 Å². The number of carboxylic acid groups (broad SMARTS) is 1. The van der Waals surface area contributed by atoms with E-state index in [-0.39, 0.29) is 17.0 Å². The van der Waals surface area contributed by atoms with E-state index in [2.05, 4.69) is 19.2 Å². The number of hydrogen-bond donors (Lipinski definition) is 2. The quantitative estimate of drug-likeness (QED) is 0.872. The first kappa shape index (κ1) is 14.4. The molecular formula is C15H20N2O3. The van der Waals surface area contributed by atoms with Crippen LogP contribution in [0.4, 0.5) is 10.5 Å². The third kappa shape index (κ3) is 3.50. The molecule has 0 aromatic heterocycles. The van der Waals surface area contributed by atoms with Crippen molar-refractivity contribution in [3.63, 3.8) is 0 Å². The Balaban J connectivity index is 2.04. The van der Waals surface area contributed by atoms with E-state index in [9.17, 15) is 9.59 Å². The Labute approximate surface area is 118 Å². The van der Waals surface area contributed by atoms with Crippen molar-refractivity contribution >= 4 is 17.7 Å². The minimum absolute atomic E-state index is 0.137. The molecule has 1 aromatic carbocycles. The van der Waals surface area contributed by atoms with E-state index < -0.39 is 5.97 Å². The predicted molar refractivity (Wildman–Crippen MR) is 77.0 cm³/mol. The van der Waals surface area contributed by atoms with Crippen LogP contribution in [0.3, 0.4) is 0 Å². The maximum atomic E-state index is 12.2. The third-order valence-electron chi connectivity index (χ3n) is 3.55. The zero-order valence-electron chi connectivity index (χ0n) is 11.8. The van der Waals surface area contributed by atoms with Gasteiger partial charge in [0.1, 0.15) is 0 Å². The van der Waals surface area contributed by atoms with Crippen molar-refractivity contribution < 1.29 is 14.7 Å². The minimum Gasteiger partial charge on any atom is -0.478 e. The molecule has 1 aliphatic rings. The van der Waals surface area contributed by atoms with E-state index in [0.717, 1.165) is 25.9 Å². The number of amides is 2. The largest absolute Gasteiger partial charge is 0.478 e. The van der Waals surface area contributed by atoms with Crippen molar-refractivity contribution in [2.45, 2.75) is 26.7 Å². The summed E-state index contributed by atoms with van der Waals surface area (Å²) in [4.78, 5) is 24.9. The van der Waals surface area contributed by atoms with Crippen LogP contribution < -0.4 is 5.32 Å². The van der Waals surface area contributed by atoms with Gasteiger partial charge in [-0.2, -0.15) is 0 Å². The summed E-state index contributed by atoms with van der Waals surface area (Å²) in [6.45, 7) is 5.76. The van der Waals surface area contributed by atoms with Gasteiger partial charge in [-0.15, -0.1) is 0 Å². The maximum Gasteiger partial charge on any atom is 0.335 e. The topological polar surface area (TPSA) is 69.6 Å². The predicted octanol–water partition coefficient (Wildman–Crippen LogP) is 3.04. The van der Waals surface area contributed by atoms with Gasteiger partial charge in [0.2, 0.25) is 0 Å². The van der Waals surface area contributed by atoms with Gasteiger partial charge in [0.05, 0.1) is 5.56 Å². The number of nitrogens with one attached hydrogen (secondary N) is 1. The molecule has 1 aromatic rings. The smallest absolute Gasteiger partial charge is 0.335 e. The summed E-state index contributed by atoms with van der Waals surface area (Å²) >= 11 is 0. The summed E-state index contributed by atoms with van der Waals surface area (Å²) in [7, 11) is 0. The van der Waals surface area contributed by atoms with Gasteiger partial charge in [-0.1, -0.05) is 19.9 Å². The molecule has 1 heterocycles. The molecule has 20 heavy (non-hydrogen) atoms.